The standard InChI is InChI=1S/C17H23N3O5/c1-3-25-17(22)13-5-4-8-19(10-13)11-16(21)18-15-7-6-14(20(23)24)9-12(15)2/h6-7,9,13H,3-5,8,10-11H2,1-2H3,(H,18,21)/p+1/t13-/m1/s1. The van der Waals surface area contributed by atoms with Crippen LogP contribution in [0.2, 0.25) is 0 Å². The molecule has 1 saturated heterocycles. The minimum absolute atomic E-state index is 0.00515. The molecule has 0 aliphatic carbocycles. The highest BCUT2D eigenvalue weighted by Crippen LogP contribution is 2.20. The Morgan fingerprint density at radius 2 is 2.20 bits per heavy atom. The van der Waals surface area contributed by atoms with Crippen molar-refractivity contribution in [2.75, 3.05) is 31.6 Å². The Morgan fingerprint density at radius 1 is 1.44 bits per heavy atom. The Labute approximate surface area is 146 Å². The van der Waals surface area contributed by atoms with E-state index >= 15 is 0 Å². The van der Waals surface area contributed by atoms with Gasteiger partial charge in [-0.15, -0.1) is 0 Å². The van der Waals surface area contributed by atoms with Crippen molar-refractivity contribution >= 4 is 23.3 Å². The van der Waals surface area contributed by atoms with Crippen LogP contribution in [0.25, 0.3) is 0 Å². The van der Waals surface area contributed by atoms with Crippen LogP contribution < -0.4 is 10.2 Å². The molecule has 1 unspecified atom stereocenters. The monoisotopic (exact) mass is 350 g/mol. The summed E-state index contributed by atoms with van der Waals surface area (Å²) in [5.74, 6) is -0.514. The number of hydrogen-bond acceptors (Lipinski definition) is 5. The van der Waals surface area contributed by atoms with Crippen LogP contribution in [0.1, 0.15) is 25.3 Å². The largest absolute Gasteiger partial charge is 0.466 e. The number of nitrogens with one attached hydrogen (secondary N) is 2. The fraction of sp³-hybridized carbons (Fsp3) is 0.529. The fourth-order valence-electron chi connectivity index (χ4n) is 3.10. The zero-order valence-electron chi connectivity index (χ0n) is 14.5. The summed E-state index contributed by atoms with van der Waals surface area (Å²) in [5.41, 5.74) is 1.20. The number of hydrogen-bond donors (Lipinski definition) is 2. The second kappa shape index (κ2) is 8.57. The molecule has 1 aliphatic rings. The number of rotatable bonds is 6. The number of benzene rings is 1. The zero-order valence-corrected chi connectivity index (χ0v) is 14.5. The lowest BCUT2D eigenvalue weighted by atomic mass is 9.98. The third-order valence-corrected chi connectivity index (χ3v) is 4.34. The fourth-order valence-corrected chi connectivity index (χ4v) is 3.10. The highest BCUT2D eigenvalue weighted by molar-refractivity contribution is 5.92. The number of nitrogens with zero attached hydrogens (tertiary/aromatic N) is 1. The minimum atomic E-state index is -0.466. The first-order chi connectivity index (χ1) is 11.9. The van der Waals surface area contributed by atoms with Gasteiger partial charge in [0.25, 0.3) is 11.6 Å². The van der Waals surface area contributed by atoms with E-state index in [9.17, 15) is 19.7 Å². The Kier molecular flexibility index (Phi) is 6.46. The van der Waals surface area contributed by atoms with Gasteiger partial charge < -0.3 is 15.0 Å². The maximum Gasteiger partial charge on any atom is 0.314 e. The molecule has 2 atom stereocenters. The van der Waals surface area contributed by atoms with Gasteiger partial charge in [0.05, 0.1) is 24.6 Å². The van der Waals surface area contributed by atoms with Gasteiger partial charge in [-0.1, -0.05) is 0 Å². The number of amides is 1. The van der Waals surface area contributed by atoms with Gasteiger partial charge in [0.1, 0.15) is 5.92 Å². The Morgan fingerprint density at radius 3 is 2.84 bits per heavy atom. The van der Waals surface area contributed by atoms with Gasteiger partial charge in [0.15, 0.2) is 6.54 Å². The summed E-state index contributed by atoms with van der Waals surface area (Å²) in [6, 6.07) is 4.34. The molecule has 25 heavy (non-hydrogen) atoms. The van der Waals surface area contributed by atoms with E-state index in [1.54, 1.807) is 19.9 Å². The molecule has 0 spiro atoms. The van der Waals surface area contributed by atoms with Gasteiger partial charge in [-0.3, -0.25) is 19.7 Å². The SMILES string of the molecule is CCOC(=O)[C@@H]1CCC[NH+](CC(=O)Nc2ccc([N+](=O)[O-])cc2C)C1. The average Bonchev–Trinajstić information content (AvgIpc) is 2.57. The summed E-state index contributed by atoms with van der Waals surface area (Å²) < 4.78 is 5.07. The molecule has 2 N–H and O–H groups in total. The molecule has 1 heterocycles. The first-order valence-electron chi connectivity index (χ1n) is 8.45. The molecule has 8 heteroatoms. The Balaban J connectivity index is 1.91. The van der Waals surface area contributed by atoms with E-state index in [0.717, 1.165) is 24.3 Å². The van der Waals surface area contributed by atoms with Gasteiger partial charge in [0, 0.05) is 17.8 Å². The van der Waals surface area contributed by atoms with Crippen LogP contribution in [0.4, 0.5) is 11.4 Å². The van der Waals surface area contributed by atoms with E-state index in [1.807, 2.05) is 0 Å². The molecule has 0 radical (unpaired) electrons. The number of non-ortho nitro benzene ring substituents is 1. The number of ether oxygens (including phenoxy) is 1. The lowest BCUT2D eigenvalue weighted by Crippen LogP contribution is -3.14. The number of carbonyl (C=O) groups is 2. The lowest BCUT2D eigenvalue weighted by Gasteiger charge is -2.28. The number of nitro benzene ring substituents is 1. The summed E-state index contributed by atoms with van der Waals surface area (Å²) >= 11 is 0. The van der Waals surface area contributed by atoms with E-state index < -0.39 is 4.92 Å². The first kappa shape index (κ1) is 18.9. The van der Waals surface area contributed by atoms with E-state index in [2.05, 4.69) is 5.32 Å². The molecule has 0 saturated carbocycles. The van der Waals surface area contributed by atoms with Crippen molar-refractivity contribution in [3.05, 3.63) is 33.9 Å². The summed E-state index contributed by atoms with van der Waals surface area (Å²) in [4.78, 5) is 35.5. The van der Waals surface area contributed by atoms with Gasteiger partial charge in [0.2, 0.25) is 0 Å². The molecule has 1 aromatic carbocycles. The highest BCUT2D eigenvalue weighted by atomic mass is 16.6. The number of anilines is 1. The number of carbonyl (C=O) groups excluding carboxylic acids is 2. The first-order valence-corrected chi connectivity index (χ1v) is 8.45. The number of nitro groups is 1. The molecule has 2 rings (SSSR count). The third kappa shape index (κ3) is 5.25. The number of piperidine rings is 1. The van der Waals surface area contributed by atoms with Crippen LogP contribution in [0.5, 0.6) is 0 Å². The van der Waals surface area contributed by atoms with Crippen molar-refractivity contribution in [2.45, 2.75) is 26.7 Å². The number of esters is 1. The van der Waals surface area contributed by atoms with E-state index in [-0.39, 0.29) is 30.0 Å². The van der Waals surface area contributed by atoms with E-state index in [1.165, 1.54) is 12.1 Å². The Bertz CT molecular complexity index is 662. The molecule has 1 fully saturated rings. The van der Waals surface area contributed by atoms with E-state index in [4.69, 9.17) is 4.74 Å². The van der Waals surface area contributed by atoms with Crippen molar-refractivity contribution in [1.82, 2.24) is 0 Å². The van der Waals surface area contributed by atoms with E-state index in [0.29, 0.717) is 24.4 Å². The molecule has 0 aromatic heterocycles. The van der Waals surface area contributed by atoms with Crippen LogP contribution in [0.15, 0.2) is 18.2 Å². The number of aryl methyl sites for hydroxylation is 1. The van der Waals surface area contributed by atoms with Crippen LogP contribution in [-0.2, 0) is 14.3 Å². The molecule has 8 nitrogen and oxygen atoms in total. The van der Waals surface area contributed by atoms with Crippen molar-refractivity contribution in [2.24, 2.45) is 5.92 Å². The van der Waals surface area contributed by atoms with Crippen molar-refractivity contribution < 1.29 is 24.1 Å². The molecule has 1 aliphatic heterocycles. The highest BCUT2D eigenvalue weighted by Gasteiger charge is 2.30. The van der Waals surface area contributed by atoms with Gasteiger partial charge in [-0.05, 0) is 38.3 Å². The normalized spacial score (nSPS) is 19.9. The Hall–Kier alpha value is -2.48. The number of quaternary nitrogens is 1. The van der Waals surface area contributed by atoms with Gasteiger partial charge in [-0.25, -0.2) is 0 Å². The molecule has 1 amide bonds. The van der Waals surface area contributed by atoms with Crippen molar-refractivity contribution in [3.63, 3.8) is 0 Å². The van der Waals surface area contributed by atoms with Gasteiger partial charge in [-0.2, -0.15) is 0 Å². The molecule has 1 aromatic rings. The van der Waals surface area contributed by atoms with Crippen molar-refractivity contribution in [3.8, 4) is 0 Å². The molecule has 136 valence electrons. The second-order valence-corrected chi connectivity index (χ2v) is 6.28. The second-order valence-electron chi connectivity index (χ2n) is 6.28. The molecular weight excluding hydrogens is 326 g/mol. The third-order valence-electron chi connectivity index (χ3n) is 4.34. The smallest absolute Gasteiger partial charge is 0.314 e. The van der Waals surface area contributed by atoms with Crippen LogP contribution >= 0.6 is 0 Å². The maximum atomic E-state index is 12.3. The summed E-state index contributed by atoms with van der Waals surface area (Å²) in [5, 5.41) is 13.6. The maximum absolute atomic E-state index is 12.3. The van der Waals surface area contributed by atoms with Crippen LogP contribution in [0.3, 0.4) is 0 Å². The minimum Gasteiger partial charge on any atom is -0.466 e. The van der Waals surface area contributed by atoms with Gasteiger partial charge >= 0.3 is 5.97 Å². The molecular formula is C17H24N3O5+. The van der Waals surface area contributed by atoms with Crippen molar-refractivity contribution in [1.29, 1.82) is 0 Å². The topological polar surface area (TPSA) is 103 Å². The summed E-state index contributed by atoms with van der Waals surface area (Å²) in [6.07, 6.45) is 1.67. The quantitative estimate of drug-likeness (QED) is 0.447. The summed E-state index contributed by atoms with van der Waals surface area (Å²) in [6.45, 7) is 5.55. The lowest BCUT2D eigenvalue weighted by molar-refractivity contribution is -0.899. The predicted molar refractivity (Wildman–Crippen MR) is 91.4 cm³/mol. The summed E-state index contributed by atoms with van der Waals surface area (Å²) in [7, 11) is 0. The van der Waals surface area contributed by atoms with Crippen LogP contribution in [0, 0.1) is 23.0 Å². The predicted octanol–water partition coefficient (Wildman–Crippen LogP) is 0.700. The van der Waals surface area contributed by atoms with Crippen LogP contribution in [-0.4, -0.2) is 43.0 Å². The zero-order chi connectivity index (χ0) is 18.4. The average molecular weight is 350 g/mol. The number of likely N-dealkylation sites (tertiary alicyclic amines) is 1. The molecule has 0 bridgehead atoms.